The van der Waals surface area contributed by atoms with Crippen molar-refractivity contribution >= 4 is 28.6 Å². The fraction of sp³-hybridized carbons (Fsp3) is 0.111. The van der Waals surface area contributed by atoms with E-state index in [1.54, 1.807) is 17.8 Å². The van der Waals surface area contributed by atoms with E-state index in [9.17, 15) is 5.21 Å². The highest BCUT2D eigenvalue weighted by molar-refractivity contribution is 7.99. The summed E-state index contributed by atoms with van der Waals surface area (Å²) in [5.41, 5.74) is 1.38. The number of aryl methyl sites for hydroxylation is 1. The van der Waals surface area contributed by atoms with E-state index in [4.69, 9.17) is 5.21 Å². The first-order chi connectivity index (χ1) is 9.16. The number of hydrogen-bond acceptors (Lipinski definition) is 8. The van der Waals surface area contributed by atoms with Crippen molar-refractivity contribution in [1.29, 1.82) is 0 Å². The summed E-state index contributed by atoms with van der Waals surface area (Å²) in [4.78, 5) is 10.9. The van der Waals surface area contributed by atoms with Gasteiger partial charge in [-0.15, -0.1) is 5.10 Å². The average Bonchev–Trinajstić information content (AvgIpc) is 2.97. The smallest absolute Gasteiger partial charge is 0.174 e. The van der Waals surface area contributed by atoms with Gasteiger partial charge in [-0.2, -0.15) is 5.10 Å². The van der Waals surface area contributed by atoms with Gasteiger partial charge in [0.25, 0.3) is 0 Å². The molecule has 0 fully saturated rings. The maximum absolute atomic E-state index is 11.0. The van der Waals surface area contributed by atoms with Crippen LogP contribution in [0, 0.1) is 5.21 Å². The van der Waals surface area contributed by atoms with Gasteiger partial charge in [0.15, 0.2) is 10.8 Å². The number of aromatic nitrogens is 6. The molecule has 9 nitrogen and oxygen atoms in total. The zero-order valence-corrected chi connectivity index (χ0v) is 10.5. The minimum Gasteiger partial charge on any atom is -0.732 e. The van der Waals surface area contributed by atoms with Gasteiger partial charge in [-0.1, -0.05) is 0 Å². The SMILES string of the molecule is Cn1cnc(N([O-])O)c1Sc1nncc2[nH]cnc12. The Labute approximate surface area is 110 Å². The number of nitrogens with zero attached hydrogens (tertiary/aromatic N) is 6. The first-order valence-corrected chi connectivity index (χ1v) is 5.98. The van der Waals surface area contributed by atoms with Crippen molar-refractivity contribution in [2.24, 2.45) is 7.05 Å². The lowest BCUT2D eigenvalue weighted by molar-refractivity contribution is 0.291. The second kappa shape index (κ2) is 4.50. The zero-order valence-electron chi connectivity index (χ0n) is 9.68. The highest BCUT2D eigenvalue weighted by Gasteiger charge is 2.15. The molecule has 98 valence electrons. The maximum atomic E-state index is 11.0. The third-order valence-corrected chi connectivity index (χ3v) is 3.58. The van der Waals surface area contributed by atoms with Crippen LogP contribution in [0.3, 0.4) is 0 Å². The fourth-order valence-corrected chi connectivity index (χ4v) is 2.52. The van der Waals surface area contributed by atoms with Gasteiger partial charge in [0.2, 0.25) is 0 Å². The summed E-state index contributed by atoms with van der Waals surface area (Å²) in [5.74, 6) is -0.0955. The Morgan fingerprint density at radius 1 is 1.47 bits per heavy atom. The highest BCUT2D eigenvalue weighted by Crippen LogP contribution is 2.34. The number of nitrogens with one attached hydrogen (secondary N) is 1. The van der Waals surface area contributed by atoms with E-state index in [1.165, 1.54) is 12.7 Å². The van der Waals surface area contributed by atoms with Gasteiger partial charge in [-0.25, -0.2) is 9.97 Å². The van der Waals surface area contributed by atoms with Crippen molar-refractivity contribution in [3.05, 3.63) is 24.1 Å². The lowest BCUT2D eigenvalue weighted by Gasteiger charge is -2.19. The van der Waals surface area contributed by atoms with Crippen LogP contribution in [-0.2, 0) is 7.05 Å². The van der Waals surface area contributed by atoms with Crippen molar-refractivity contribution in [3.8, 4) is 0 Å². The van der Waals surface area contributed by atoms with Gasteiger partial charge in [0, 0.05) is 7.05 Å². The van der Waals surface area contributed by atoms with Crippen molar-refractivity contribution in [2.45, 2.75) is 10.1 Å². The van der Waals surface area contributed by atoms with E-state index < -0.39 is 0 Å². The molecule has 0 atom stereocenters. The summed E-state index contributed by atoms with van der Waals surface area (Å²) in [5, 5.41) is 28.5. The molecule has 0 bridgehead atoms. The molecule has 10 heteroatoms. The summed E-state index contributed by atoms with van der Waals surface area (Å²) in [6, 6.07) is 0. The molecule has 0 saturated carbocycles. The van der Waals surface area contributed by atoms with Crippen LogP contribution in [0.5, 0.6) is 0 Å². The molecule has 0 aliphatic rings. The summed E-state index contributed by atoms with van der Waals surface area (Å²) >= 11 is 1.15. The van der Waals surface area contributed by atoms with Crippen LogP contribution in [0.4, 0.5) is 5.82 Å². The summed E-state index contributed by atoms with van der Waals surface area (Å²) in [6.07, 6.45) is 4.52. The van der Waals surface area contributed by atoms with Crippen LogP contribution in [0.25, 0.3) is 11.0 Å². The fourth-order valence-electron chi connectivity index (χ4n) is 1.58. The van der Waals surface area contributed by atoms with Crippen molar-refractivity contribution in [3.63, 3.8) is 0 Å². The second-order valence-corrected chi connectivity index (χ2v) is 4.65. The first-order valence-electron chi connectivity index (χ1n) is 5.17. The normalized spacial score (nSPS) is 11.1. The van der Waals surface area contributed by atoms with Crippen LogP contribution in [0.1, 0.15) is 0 Å². The molecular weight excluding hydrogens is 270 g/mol. The molecule has 3 aromatic rings. The van der Waals surface area contributed by atoms with Gasteiger partial charge in [0.05, 0.1) is 24.4 Å². The number of hydrogen-bond donors (Lipinski definition) is 2. The van der Waals surface area contributed by atoms with Crippen LogP contribution in [-0.4, -0.2) is 34.9 Å². The third kappa shape index (κ3) is 2.01. The predicted molar refractivity (Wildman–Crippen MR) is 66.6 cm³/mol. The zero-order chi connectivity index (χ0) is 13.4. The third-order valence-electron chi connectivity index (χ3n) is 2.45. The van der Waals surface area contributed by atoms with E-state index in [0.29, 0.717) is 15.6 Å². The number of rotatable bonds is 3. The minimum atomic E-state index is -0.277. The Bertz CT molecular complexity index is 722. The topological polar surface area (TPSA) is 119 Å². The minimum absolute atomic E-state index is 0.0955. The number of H-pyrrole nitrogens is 1. The number of fused-ring (bicyclic) bond motifs is 1. The Balaban J connectivity index is 2.06. The van der Waals surface area contributed by atoms with Gasteiger partial charge < -0.3 is 20.0 Å². The van der Waals surface area contributed by atoms with Gasteiger partial charge in [0.1, 0.15) is 10.5 Å². The molecule has 0 aliphatic carbocycles. The largest absolute Gasteiger partial charge is 0.732 e. The van der Waals surface area contributed by atoms with Crippen molar-refractivity contribution < 1.29 is 5.21 Å². The number of imidazole rings is 2. The molecule has 3 aromatic heterocycles. The lowest BCUT2D eigenvalue weighted by atomic mass is 10.5. The monoisotopic (exact) mass is 278 g/mol. The first kappa shape index (κ1) is 11.9. The van der Waals surface area contributed by atoms with Crippen LogP contribution in [0.2, 0.25) is 0 Å². The molecular formula is C9H8N7O2S-. The van der Waals surface area contributed by atoms with E-state index in [2.05, 4.69) is 25.1 Å². The van der Waals surface area contributed by atoms with E-state index >= 15 is 0 Å². The predicted octanol–water partition coefficient (Wildman–Crippen LogP) is 0.931. The molecule has 0 radical (unpaired) electrons. The molecule has 3 rings (SSSR count). The van der Waals surface area contributed by atoms with Crippen molar-refractivity contribution in [2.75, 3.05) is 5.23 Å². The second-order valence-electron chi connectivity index (χ2n) is 3.67. The molecule has 0 saturated heterocycles. The number of anilines is 1. The number of aromatic amines is 1. The van der Waals surface area contributed by atoms with Gasteiger partial charge in [-0.05, 0) is 11.8 Å². The maximum Gasteiger partial charge on any atom is 0.174 e. The summed E-state index contributed by atoms with van der Waals surface area (Å²) in [6.45, 7) is 0. The molecule has 0 amide bonds. The lowest BCUT2D eigenvalue weighted by Crippen LogP contribution is -2.09. The van der Waals surface area contributed by atoms with Crippen LogP contribution >= 0.6 is 11.8 Å². The summed E-state index contributed by atoms with van der Waals surface area (Å²) < 4.78 is 1.61. The molecule has 19 heavy (non-hydrogen) atoms. The molecule has 2 N–H and O–H groups in total. The molecule has 0 unspecified atom stereocenters. The Kier molecular flexibility index (Phi) is 2.81. The highest BCUT2D eigenvalue weighted by atomic mass is 32.2. The quantitative estimate of drug-likeness (QED) is 0.679. The Hall–Kier alpha value is -2.17. The summed E-state index contributed by atoms with van der Waals surface area (Å²) in [7, 11) is 1.71. The average molecular weight is 278 g/mol. The van der Waals surface area contributed by atoms with Crippen LogP contribution < -0.4 is 5.23 Å². The standard InChI is InChI=1S/C9H8N7O2S/c1-15-4-12-7(16(17)18)9(15)19-8-6-5(2-13-14-8)10-3-11-6/h2-4,17H,1H3,(H,10,11)/q-1. The van der Waals surface area contributed by atoms with Gasteiger partial charge in [-0.3, -0.25) is 5.21 Å². The van der Waals surface area contributed by atoms with Crippen molar-refractivity contribution in [1.82, 2.24) is 29.7 Å². The van der Waals surface area contributed by atoms with E-state index in [1.807, 2.05) is 0 Å². The Morgan fingerprint density at radius 3 is 3.11 bits per heavy atom. The van der Waals surface area contributed by atoms with E-state index in [0.717, 1.165) is 17.3 Å². The van der Waals surface area contributed by atoms with Gasteiger partial charge >= 0.3 is 0 Å². The molecule has 0 aliphatic heterocycles. The van der Waals surface area contributed by atoms with E-state index in [-0.39, 0.29) is 11.0 Å². The Morgan fingerprint density at radius 2 is 2.32 bits per heavy atom. The molecule has 0 spiro atoms. The molecule has 0 aromatic carbocycles. The van der Waals surface area contributed by atoms with Crippen LogP contribution in [0.15, 0.2) is 28.9 Å². The molecule has 3 heterocycles.